The molecule has 2 aromatic carbocycles. The summed E-state index contributed by atoms with van der Waals surface area (Å²) in [6, 6.07) is 12.8. The van der Waals surface area contributed by atoms with Gasteiger partial charge in [-0.1, -0.05) is 18.2 Å². The first-order valence-electron chi connectivity index (χ1n) is 11.3. The molecule has 0 unspecified atom stereocenters. The van der Waals surface area contributed by atoms with Gasteiger partial charge in [-0.3, -0.25) is 4.90 Å². The monoisotopic (exact) mass is 436 g/mol. The molecule has 0 aliphatic carbocycles. The standard InChI is InChI=1S/C26H30F2N4/c1-18-15-30-25(8-4-5-20-12-23(27)14-24(28)13-20)31-26(18)22-7-3-6-21(11-22)17-32-10-9-29-16-19(32)2/h3,6-7,11-15,19,29H,4-5,8-10,16-17H2,1-2H3/t19-/m0/s1. The van der Waals surface area contributed by atoms with Gasteiger partial charge < -0.3 is 5.32 Å². The molecule has 2 heterocycles. The number of nitrogens with zero attached hydrogens (tertiary/aromatic N) is 3. The summed E-state index contributed by atoms with van der Waals surface area (Å²) in [7, 11) is 0. The first-order valence-corrected chi connectivity index (χ1v) is 11.3. The molecular formula is C26H30F2N4. The summed E-state index contributed by atoms with van der Waals surface area (Å²) >= 11 is 0. The van der Waals surface area contributed by atoms with Gasteiger partial charge in [0.05, 0.1) is 5.69 Å². The van der Waals surface area contributed by atoms with Crippen molar-refractivity contribution in [3.05, 3.63) is 82.8 Å². The van der Waals surface area contributed by atoms with Gasteiger partial charge in [-0.25, -0.2) is 18.7 Å². The van der Waals surface area contributed by atoms with Gasteiger partial charge in [0.1, 0.15) is 17.5 Å². The number of rotatable bonds is 7. The Kier molecular flexibility index (Phi) is 7.22. The van der Waals surface area contributed by atoms with E-state index < -0.39 is 11.6 Å². The minimum atomic E-state index is -0.538. The summed E-state index contributed by atoms with van der Waals surface area (Å²) in [4.78, 5) is 11.8. The van der Waals surface area contributed by atoms with E-state index in [9.17, 15) is 8.78 Å². The number of benzene rings is 2. The Hall–Kier alpha value is -2.70. The summed E-state index contributed by atoms with van der Waals surface area (Å²) in [5, 5.41) is 3.44. The van der Waals surface area contributed by atoms with E-state index in [0.717, 1.165) is 61.3 Å². The van der Waals surface area contributed by atoms with Crippen LogP contribution in [-0.4, -0.2) is 40.5 Å². The molecule has 0 bridgehead atoms. The molecule has 1 aromatic heterocycles. The number of hydrogen-bond donors (Lipinski definition) is 1. The Labute approximate surface area is 188 Å². The average molecular weight is 437 g/mol. The molecule has 4 rings (SSSR count). The quantitative estimate of drug-likeness (QED) is 0.583. The van der Waals surface area contributed by atoms with Crippen molar-refractivity contribution in [1.29, 1.82) is 0 Å². The van der Waals surface area contributed by atoms with Crippen LogP contribution < -0.4 is 5.32 Å². The zero-order valence-corrected chi connectivity index (χ0v) is 18.7. The fourth-order valence-corrected chi connectivity index (χ4v) is 4.27. The maximum absolute atomic E-state index is 13.4. The van der Waals surface area contributed by atoms with Crippen LogP contribution in [0.4, 0.5) is 8.78 Å². The van der Waals surface area contributed by atoms with Crippen LogP contribution in [0, 0.1) is 18.6 Å². The number of nitrogens with one attached hydrogen (secondary N) is 1. The molecule has 32 heavy (non-hydrogen) atoms. The molecule has 0 spiro atoms. The Morgan fingerprint density at radius 1 is 1.06 bits per heavy atom. The highest BCUT2D eigenvalue weighted by Gasteiger charge is 2.18. The van der Waals surface area contributed by atoms with Gasteiger partial charge in [-0.05, 0) is 61.6 Å². The third kappa shape index (κ3) is 5.75. The third-order valence-corrected chi connectivity index (χ3v) is 6.03. The molecule has 1 N–H and O–H groups in total. The van der Waals surface area contributed by atoms with Crippen LogP contribution in [0.3, 0.4) is 0 Å². The first-order chi connectivity index (χ1) is 15.5. The SMILES string of the molecule is Cc1cnc(CCCc2cc(F)cc(F)c2)nc1-c1cccc(CN2CCNC[C@@H]2C)c1. The van der Waals surface area contributed by atoms with E-state index in [4.69, 9.17) is 4.98 Å². The first kappa shape index (κ1) is 22.5. The van der Waals surface area contributed by atoms with Crippen LogP contribution in [0.15, 0.2) is 48.7 Å². The maximum atomic E-state index is 13.4. The van der Waals surface area contributed by atoms with Gasteiger partial charge in [0.2, 0.25) is 0 Å². The number of aromatic nitrogens is 2. The fourth-order valence-electron chi connectivity index (χ4n) is 4.27. The van der Waals surface area contributed by atoms with Crippen molar-refractivity contribution in [3.8, 4) is 11.3 Å². The van der Waals surface area contributed by atoms with Crippen molar-refractivity contribution < 1.29 is 8.78 Å². The van der Waals surface area contributed by atoms with Crippen LogP contribution in [0.1, 0.15) is 35.9 Å². The Balaban J connectivity index is 1.45. The zero-order valence-electron chi connectivity index (χ0n) is 18.7. The highest BCUT2D eigenvalue weighted by molar-refractivity contribution is 5.63. The van der Waals surface area contributed by atoms with E-state index in [1.54, 1.807) is 0 Å². The molecule has 1 fully saturated rings. The minimum absolute atomic E-state index is 0.520. The van der Waals surface area contributed by atoms with Gasteiger partial charge in [-0.15, -0.1) is 0 Å². The molecule has 1 aliphatic heterocycles. The second kappa shape index (κ2) is 10.3. The normalized spacial score (nSPS) is 16.9. The van der Waals surface area contributed by atoms with Crippen LogP contribution in [-0.2, 0) is 19.4 Å². The van der Waals surface area contributed by atoms with Crippen LogP contribution in [0.5, 0.6) is 0 Å². The molecule has 6 heteroatoms. The molecule has 0 radical (unpaired) electrons. The van der Waals surface area contributed by atoms with E-state index in [-0.39, 0.29) is 0 Å². The van der Waals surface area contributed by atoms with Crippen LogP contribution >= 0.6 is 0 Å². The zero-order chi connectivity index (χ0) is 22.5. The minimum Gasteiger partial charge on any atom is -0.314 e. The molecule has 1 aliphatic rings. The van der Waals surface area contributed by atoms with Gasteiger partial charge in [0.25, 0.3) is 0 Å². The van der Waals surface area contributed by atoms with E-state index in [1.165, 1.54) is 17.7 Å². The van der Waals surface area contributed by atoms with Crippen molar-refractivity contribution in [2.75, 3.05) is 19.6 Å². The third-order valence-electron chi connectivity index (χ3n) is 6.03. The highest BCUT2D eigenvalue weighted by atomic mass is 19.1. The average Bonchev–Trinajstić information content (AvgIpc) is 2.76. The van der Waals surface area contributed by atoms with Gasteiger partial charge in [0.15, 0.2) is 0 Å². The Morgan fingerprint density at radius 3 is 2.66 bits per heavy atom. The Morgan fingerprint density at radius 2 is 1.88 bits per heavy atom. The topological polar surface area (TPSA) is 41.1 Å². The second-order valence-electron chi connectivity index (χ2n) is 8.67. The van der Waals surface area contributed by atoms with Crippen molar-refractivity contribution in [1.82, 2.24) is 20.2 Å². The van der Waals surface area contributed by atoms with E-state index in [2.05, 4.69) is 46.4 Å². The lowest BCUT2D eigenvalue weighted by Crippen LogP contribution is -2.49. The fraction of sp³-hybridized carbons (Fsp3) is 0.385. The molecule has 1 atom stereocenters. The van der Waals surface area contributed by atoms with Crippen molar-refractivity contribution >= 4 is 0 Å². The lowest BCUT2D eigenvalue weighted by atomic mass is 10.0. The smallest absolute Gasteiger partial charge is 0.128 e. The predicted octanol–water partition coefficient (Wildman–Crippen LogP) is 4.70. The van der Waals surface area contributed by atoms with Gasteiger partial charge in [-0.2, -0.15) is 0 Å². The van der Waals surface area contributed by atoms with Crippen molar-refractivity contribution in [2.45, 2.75) is 45.7 Å². The predicted molar refractivity (Wildman–Crippen MR) is 123 cm³/mol. The van der Waals surface area contributed by atoms with Crippen molar-refractivity contribution in [2.24, 2.45) is 0 Å². The van der Waals surface area contributed by atoms with Crippen molar-refractivity contribution in [3.63, 3.8) is 0 Å². The van der Waals surface area contributed by atoms with Crippen LogP contribution in [0.25, 0.3) is 11.3 Å². The maximum Gasteiger partial charge on any atom is 0.128 e. The molecule has 0 amide bonds. The number of halogens is 2. The molecular weight excluding hydrogens is 406 g/mol. The number of piperazine rings is 1. The summed E-state index contributed by atoms with van der Waals surface area (Å²) in [6.45, 7) is 8.32. The van der Waals surface area contributed by atoms with E-state index in [0.29, 0.717) is 24.4 Å². The molecule has 4 nitrogen and oxygen atoms in total. The molecule has 1 saturated heterocycles. The lowest BCUT2D eigenvalue weighted by Gasteiger charge is -2.34. The summed E-state index contributed by atoms with van der Waals surface area (Å²) < 4.78 is 26.8. The summed E-state index contributed by atoms with van der Waals surface area (Å²) in [5.41, 5.74) is 5.02. The largest absolute Gasteiger partial charge is 0.314 e. The summed E-state index contributed by atoms with van der Waals surface area (Å²) in [5.74, 6) is -0.323. The molecule has 168 valence electrons. The molecule has 3 aromatic rings. The Bertz CT molecular complexity index is 1050. The highest BCUT2D eigenvalue weighted by Crippen LogP contribution is 2.23. The number of aryl methyl sites for hydroxylation is 3. The van der Waals surface area contributed by atoms with E-state index in [1.807, 2.05) is 13.1 Å². The van der Waals surface area contributed by atoms with Gasteiger partial charge in [0, 0.05) is 56.5 Å². The summed E-state index contributed by atoms with van der Waals surface area (Å²) in [6.07, 6.45) is 3.83. The van der Waals surface area contributed by atoms with Crippen LogP contribution in [0.2, 0.25) is 0 Å². The molecule has 0 saturated carbocycles. The van der Waals surface area contributed by atoms with Gasteiger partial charge >= 0.3 is 0 Å². The number of hydrogen-bond acceptors (Lipinski definition) is 4. The van der Waals surface area contributed by atoms with E-state index >= 15 is 0 Å². The lowest BCUT2D eigenvalue weighted by molar-refractivity contribution is 0.165. The second-order valence-corrected chi connectivity index (χ2v) is 8.67.